The van der Waals surface area contributed by atoms with Crippen molar-refractivity contribution < 1.29 is 0 Å². The molecule has 104 valence electrons. The van der Waals surface area contributed by atoms with E-state index in [1.165, 1.54) is 0 Å². The molecule has 2 rings (SSSR count). The van der Waals surface area contributed by atoms with Crippen molar-refractivity contribution in [2.75, 3.05) is 5.32 Å². The Morgan fingerprint density at radius 1 is 1.00 bits per heavy atom. The van der Waals surface area contributed by atoms with Gasteiger partial charge in [-0.2, -0.15) is 10.5 Å². The molecule has 0 amide bonds. The molecule has 21 heavy (non-hydrogen) atoms. The summed E-state index contributed by atoms with van der Waals surface area (Å²) in [5.41, 5.74) is 2.37. The molecule has 0 spiro atoms. The van der Waals surface area contributed by atoms with Crippen molar-refractivity contribution in [3.8, 4) is 12.1 Å². The summed E-state index contributed by atoms with van der Waals surface area (Å²) in [6, 6.07) is 14.3. The third-order valence-corrected chi connectivity index (χ3v) is 3.64. The normalized spacial score (nSPS) is 11.3. The molecule has 1 N–H and O–H groups in total. The van der Waals surface area contributed by atoms with Crippen LogP contribution < -0.4 is 5.32 Å². The molecular weight excluding hydrogens is 305 g/mol. The van der Waals surface area contributed by atoms with Crippen molar-refractivity contribution in [3.63, 3.8) is 0 Å². The Morgan fingerprint density at radius 2 is 1.71 bits per heavy atom. The summed E-state index contributed by atoms with van der Waals surface area (Å²) in [7, 11) is 0. The Labute approximate surface area is 133 Å². The van der Waals surface area contributed by atoms with E-state index in [4.69, 9.17) is 33.7 Å². The van der Waals surface area contributed by atoms with Crippen molar-refractivity contribution in [2.45, 2.75) is 13.0 Å². The fourth-order valence-corrected chi connectivity index (χ4v) is 2.58. The lowest BCUT2D eigenvalue weighted by atomic mass is 10.1. The highest BCUT2D eigenvalue weighted by atomic mass is 35.5. The Bertz CT molecular complexity index is 757. The minimum atomic E-state index is -0.0609. The van der Waals surface area contributed by atoms with Crippen LogP contribution in [0.5, 0.6) is 0 Å². The average Bonchev–Trinajstić information content (AvgIpc) is 2.46. The van der Waals surface area contributed by atoms with Crippen LogP contribution in [0, 0.1) is 22.7 Å². The summed E-state index contributed by atoms with van der Waals surface area (Å²) in [6.45, 7) is 1.96. The summed E-state index contributed by atoms with van der Waals surface area (Å²) >= 11 is 12.1. The van der Waals surface area contributed by atoms with Gasteiger partial charge in [0.05, 0.1) is 11.1 Å². The number of benzene rings is 2. The van der Waals surface area contributed by atoms with E-state index in [0.29, 0.717) is 21.2 Å². The van der Waals surface area contributed by atoms with Gasteiger partial charge < -0.3 is 5.32 Å². The maximum atomic E-state index is 9.04. The molecule has 0 saturated heterocycles. The molecule has 0 aliphatic carbocycles. The van der Waals surface area contributed by atoms with E-state index in [1.54, 1.807) is 30.3 Å². The summed E-state index contributed by atoms with van der Waals surface area (Å²) in [5.74, 6) is 0. The van der Waals surface area contributed by atoms with Crippen LogP contribution in [-0.2, 0) is 0 Å². The zero-order valence-electron chi connectivity index (χ0n) is 11.2. The first kappa shape index (κ1) is 15.2. The molecule has 2 aromatic rings. The number of nitrogens with zero attached hydrogens (tertiary/aromatic N) is 2. The van der Waals surface area contributed by atoms with Crippen molar-refractivity contribution >= 4 is 28.9 Å². The van der Waals surface area contributed by atoms with E-state index in [-0.39, 0.29) is 6.04 Å². The van der Waals surface area contributed by atoms with Gasteiger partial charge in [0.15, 0.2) is 0 Å². The number of halogens is 2. The minimum Gasteiger partial charge on any atom is -0.378 e. The molecule has 0 heterocycles. The lowest BCUT2D eigenvalue weighted by Gasteiger charge is -2.17. The molecule has 0 bridgehead atoms. The Kier molecular flexibility index (Phi) is 4.70. The van der Waals surface area contributed by atoms with E-state index in [9.17, 15) is 0 Å². The Hall–Kier alpha value is -2.20. The smallest absolute Gasteiger partial charge is 0.101 e. The van der Waals surface area contributed by atoms with Gasteiger partial charge in [0.25, 0.3) is 0 Å². The topological polar surface area (TPSA) is 59.6 Å². The second kappa shape index (κ2) is 6.50. The third kappa shape index (κ3) is 3.47. The second-order valence-corrected chi connectivity index (χ2v) is 5.36. The van der Waals surface area contributed by atoms with Gasteiger partial charge in [0.1, 0.15) is 12.1 Å². The maximum Gasteiger partial charge on any atom is 0.101 e. The predicted molar refractivity (Wildman–Crippen MR) is 84.4 cm³/mol. The number of nitriles is 2. The molecule has 0 saturated carbocycles. The van der Waals surface area contributed by atoms with Crippen LogP contribution in [0.4, 0.5) is 5.69 Å². The van der Waals surface area contributed by atoms with Crippen molar-refractivity contribution in [1.29, 1.82) is 10.5 Å². The second-order valence-electron chi connectivity index (χ2n) is 4.52. The highest BCUT2D eigenvalue weighted by Crippen LogP contribution is 2.28. The highest BCUT2D eigenvalue weighted by Gasteiger charge is 2.11. The molecule has 0 aliphatic heterocycles. The third-order valence-electron chi connectivity index (χ3n) is 3.07. The van der Waals surface area contributed by atoms with Crippen molar-refractivity contribution in [2.24, 2.45) is 0 Å². The Balaban J connectivity index is 2.26. The van der Waals surface area contributed by atoms with Crippen molar-refractivity contribution in [1.82, 2.24) is 0 Å². The van der Waals surface area contributed by atoms with E-state index in [2.05, 4.69) is 5.32 Å². The van der Waals surface area contributed by atoms with E-state index >= 15 is 0 Å². The number of hydrogen-bond donors (Lipinski definition) is 1. The number of hydrogen-bond acceptors (Lipinski definition) is 3. The average molecular weight is 316 g/mol. The minimum absolute atomic E-state index is 0.0609. The van der Waals surface area contributed by atoms with Gasteiger partial charge in [-0.15, -0.1) is 0 Å². The van der Waals surface area contributed by atoms with Gasteiger partial charge in [-0.05, 0) is 42.8 Å². The molecule has 5 heteroatoms. The fourth-order valence-electron chi connectivity index (χ4n) is 2.00. The lowest BCUT2D eigenvalue weighted by molar-refractivity contribution is 0.885. The zero-order valence-corrected chi connectivity index (χ0v) is 12.7. The quantitative estimate of drug-likeness (QED) is 0.875. The molecule has 0 aromatic heterocycles. The SMILES string of the molecule is CC(Nc1ccc(C#N)c(C#N)c1)c1ccc(Cl)cc1Cl. The van der Waals surface area contributed by atoms with Gasteiger partial charge in [0.2, 0.25) is 0 Å². The summed E-state index contributed by atoms with van der Waals surface area (Å²) < 4.78 is 0. The van der Waals surface area contributed by atoms with Crippen LogP contribution in [-0.4, -0.2) is 0 Å². The number of rotatable bonds is 3. The van der Waals surface area contributed by atoms with Gasteiger partial charge in [-0.3, -0.25) is 0 Å². The van der Waals surface area contributed by atoms with Crippen LogP contribution >= 0.6 is 23.2 Å². The van der Waals surface area contributed by atoms with E-state index < -0.39 is 0 Å². The molecule has 3 nitrogen and oxygen atoms in total. The highest BCUT2D eigenvalue weighted by molar-refractivity contribution is 6.35. The maximum absolute atomic E-state index is 9.04. The Morgan fingerprint density at radius 3 is 2.33 bits per heavy atom. The molecule has 0 radical (unpaired) electrons. The van der Waals surface area contributed by atoms with E-state index in [0.717, 1.165) is 11.3 Å². The molecule has 0 fully saturated rings. The monoisotopic (exact) mass is 315 g/mol. The van der Waals surface area contributed by atoms with Crippen LogP contribution in [0.2, 0.25) is 10.0 Å². The standard InChI is InChI=1S/C16H11Cl2N3/c1-10(15-5-3-13(17)7-16(15)18)21-14-4-2-11(8-19)12(6-14)9-20/h2-7,10,21H,1H3. The lowest BCUT2D eigenvalue weighted by Crippen LogP contribution is -2.07. The van der Waals surface area contributed by atoms with Crippen LogP contribution in [0.1, 0.15) is 29.7 Å². The van der Waals surface area contributed by atoms with Gasteiger partial charge in [-0.1, -0.05) is 29.3 Å². The van der Waals surface area contributed by atoms with Gasteiger partial charge in [0, 0.05) is 21.8 Å². The molecule has 1 atom stereocenters. The summed E-state index contributed by atoms with van der Waals surface area (Å²) in [5, 5.41) is 22.4. The van der Waals surface area contributed by atoms with Crippen LogP contribution in [0.3, 0.4) is 0 Å². The molecule has 1 unspecified atom stereocenters. The van der Waals surface area contributed by atoms with Crippen LogP contribution in [0.25, 0.3) is 0 Å². The number of nitrogens with one attached hydrogen (secondary N) is 1. The van der Waals surface area contributed by atoms with Gasteiger partial charge in [-0.25, -0.2) is 0 Å². The first-order valence-corrected chi connectivity index (χ1v) is 6.96. The fraction of sp³-hybridized carbons (Fsp3) is 0.125. The van der Waals surface area contributed by atoms with E-state index in [1.807, 2.05) is 25.1 Å². The summed E-state index contributed by atoms with van der Waals surface area (Å²) in [4.78, 5) is 0. The van der Waals surface area contributed by atoms with Crippen molar-refractivity contribution in [3.05, 3.63) is 63.1 Å². The molecular formula is C16H11Cl2N3. The van der Waals surface area contributed by atoms with Crippen LogP contribution in [0.15, 0.2) is 36.4 Å². The first-order chi connectivity index (χ1) is 10.0. The molecule has 0 aliphatic rings. The zero-order chi connectivity index (χ0) is 15.4. The summed E-state index contributed by atoms with van der Waals surface area (Å²) in [6.07, 6.45) is 0. The first-order valence-electron chi connectivity index (χ1n) is 6.21. The predicted octanol–water partition coefficient (Wildman–Crippen LogP) is 4.91. The largest absolute Gasteiger partial charge is 0.378 e. The molecule has 2 aromatic carbocycles. The number of anilines is 1. The van der Waals surface area contributed by atoms with Gasteiger partial charge >= 0.3 is 0 Å².